The Morgan fingerprint density at radius 1 is 1.42 bits per heavy atom. The molecule has 5 heteroatoms. The number of nitrogens with zero attached hydrogens (tertiary/aromatic N) is 1. The fourth-order valence-electron chi connectivity index (χ4n) is 1.52. The Bertz CT molecular complexity index is 526. The molecule has 0 radical (unpaired) electrons. The van der Waals surface area contributed by atoms with Crippen LogP contribution in [0.1, 0.15) is 25.1 Å². The zero-order valence-electron chi connectivity index (χ0n) is 11.0. The van der Waals surface area contributed by atoms with E-state index in [9.17, 15) is 0 Å². The molecule has 0 bridgehead atoms. The van der Waals surface area contributed by atoms with Crippen LogP contribution >= 0.6 is 15.9 Å². The minimum absolute atomic E-state index is 0.306. The van der Waals surface area contributed by atoms with E-state index in [4.69, 9.17) is 9.15 Å². The Kier molecular flexibility index (Phi) is 4.99. The molecule has 0 saturated carbocycles. The number of halogens is 1. The Morgan fingerprint density at radius 2 is 2.26 bits per heavy atom. The van der Waals surface area contributed by atoms with E-state index in [0.29, 0.717) is 25.3 Å². The zero-order chi connectivity index (χ0) is 13.7. The van der Waals surface area contributed by atoms with Crippen molar-refractivity contribution in [1.82, 2.24) is 10.3 Å². The Labute approximate surface area is 121 Å². The van der Waals surface area contributed by atoms with Gasteiger partial charge in [-0.25, -0.2) is 0 Å². The van der Waals surface area contributed by atoms with Crippen molar-refractivity contribution in [2.75, 3.05) is 0 Å². The van der Waals surface area contributed by atoms with Gasteiger partial charge in [-0.1, -0.05) is 41.9 Å². The number of aromatic nitrogens is 1. The molecular weight excluding hydrogens is 308 g/mol. The van der Waals surface area contributed by atoms with E-state index in [0.717, 1.165) is 15.7 Å². The lowest BCUT2D eigenvalue weighted by Gasteiger charge is -2.04. The van der Waals surface area contributed by atoms with Gasteiger partial charge in [0, 0.05) is 17.1 Å². The van der Waals surface area contributed by atoms with Gasteiger partial charge in [0.15, 0.2) is 0 Å². The molecule has 2 rings (SSSR count). The zero-order valence-corrected chi connectivity index (χ0v) is 12.6. The van der Waals surface area contributed by atoms with Gasteiger partial charge in [-0.05, 0) is 17.7 Å². The van der Waals surface area contributed by atoms with Crippen LogP contribution in [-0.2, 0) is 13.2 Å². The fourth-order valence-corrected chi connectivity index (χ4v) is 1.96. The summed E-state index contributed by atoms with van der Waals surface area (Å²) in [6.45, 7) is 5.30. The predicted molar refractivity (Wildman–Crippen MR) is 77.0 cm³/mol. The summed E-state index contributed by atoms with van der Waals surface area (Å²) in [5.74, 6) is 0. The first-order chi connectivity index (χ1) is 9.13. The molecule has 1 heterocycles. The van der Waals surface area contributed by atoms with Crippen molar-refractivity contribution in [3.8, 4) is 6.08 Å². The molecule has 4 nitrogen and oxygen atoms in total. The van der Waals surface area contributed by atoms with E-state index in [1.165, 1.54) is 0 Å². The van der Waals surface area contributed by atoms with Gasteiger partial charge < -0.3 is 14.5 Å². The number of hydrogen-bond acceptors (Lipinski definition) is 4. The quantitative estimate of drug-likeness (QED) is 0.883. The third kappa shape index (κ3) is 4.69. The summed E-state index contributed by atoms with van der Waals surface area (Å²) in [6, 6.07) is 8.36. The average molecular weight is 325 g/mol. The first-order valence-electron chi connectivity index (χ1n) is 6.18. The molecule has 0 amide bonds. The number of benzene rings is 1. The van der Waals surface area contributed by atoms with E-state index in [-0.39, 0.29) is 0 Å². The van der Waals surface area contributed by atoms with Gasteiger partial charge in [0.1, 0.15) is 12.9 Å². The standard InChI is InChI=1S/C14H17BrN2O2/c1-10(2)16-7-13-9-19-14(17-13)18-8-11-4-3-5-12(15)6-11/h3-6,9-10,16H,7-8H2,1-2H3. The van der Waals surface area contributed by atoms with Crippen LogP contribution < -0.4 is 10.1 Å². The lowest BCUT2D eigenvalue weighted by molar-refractivity contribution is 0.220. The van der Waals surface area contributed by atoms with Crippen LogP contribution in [0.25, 0.3) is 0 Å². The van der Waals surface area contributed by atoms with Crippen molar-refractivity contribution < 1.29 is 9.15 Å². The Hall–Kier alpha value is -1.33. The van der Waals surface area contributed by atoms with Gasteiger partial charge in [-0.15, -0.1) is 0 Å². The van der Waals surface area contributed by atoms with Crippen molar-refractivity contribution in [1.29, 1.82) is 0 Å². The molecule has 2 aromatic rings. The number of nitrogens with one attached hydrogen (secondary N) is 1. The van der Waals surface area contributed by atoms with Crippen LogP contribution in [0.5, 0.6) is 6.08 Å². The summed E-state index contributed by atoms with van der Waals surface area (Å²) in [5, 5.41) is 3.27. The van der Waals surface area contributed by atoms with Crippen molar-refractivity contribution in [2.24, 2.45) is 0 Å². The number of oxazole rings is 1. The lowest BCUT2D eigenvalue weighted by Crippen LogP contribution is -2.21. The van der Waals surface area contributed by atoms with E-state index >= 15 is 0 Å². The van der Waals surface area contributed by atoms with Crippen LogP contribution in [0.15, 0.2) is 39.4 Å². The molecule has 1 N–H and O–H groups in total. The molecule has 0 aliphatic rings. The minimum Gasteiger partial charge on any atom is -0.445 e. The van der Waals surface area contributed by atoms with Crippen molar-refractivity contribution in [2.45, 2.75) is 33.0 Å². The van der Waals surface area contributed by atoms with Crippen molar-refractivity contribution in [3.05, 3.63) is 46.3 Å². The summed E-state index contributed by atoms with van der Waals surface area (Å²) in [5.41, 5.74) is 1.91. The van der Waals surface area contributed by atoms with Gasteiger partial charge in [0.25, 0.3) is 0 Å². The Balaban J connectivity index is 1.86. The van der Waals surface area contributed by atoms with Crippen LogP contribution in [0.3, 0.4) is 0 Å². The summed E-state index contributed by atoms with van der Waals surface area (Å²) in [4.78, 5) is 4.26. The lowest BCUT2D eigenvalue weighted by atomic mass is 10.2. The SMILES string of the molecule is CC(C)NCc1coc(OCc2cccc(Br)c2)n1. The highest BCUT2D eigenvalue weighted by Gasteiger charge is 2.06. The summed E-state index contributed by atoms with van der Waals surface area (Å²) >= 11 is 3.42. The maximum atomic E-state index is 5.51. The second kappa shape index (κ2) is 6.73. The largest absolute Gasteiger partial charge is 0.445 e. The molecule has 0 spiro atoms. The minimum atomic E-state index is 0.306. The molecule has 102 valence electrons. The third-order valence-corrected chi connectivity index (χ3v) is 2.97. The maximum absolute atomic E-state index is 5.51. The van der Waals surface area contributed by atoms with Gasteiger partial charge >= 0.3 is 6.08 Å². The first kappa shape index (κ1) is 14.1. The molecule has 0 saturated heterocycles. The van der Waals surface area contributed by atoms with E-state index < -0.39 is 0 Å². The molecule has 1 aromatic carbocycles. The highest BCUT2D eigenvalue weighted by atomic mass is 79.9. The van der Waals surface area contributed by atoms with Gasteiger partial charge in [0.05, 0.1) is 5.69 Å². The molecule has 0 fully saturated rings. The first-order valence-corrected chi connectivity index (χ1v) is 6.98. The average Bonchev–Trinajstić information content (AvgIpc) is 2.82. The molecule has 1 aromatic heterocycles. The highest BCUT2D eigenvalue weighted by Crippen LogP contribution is 2.15. The van der Waals surface area contributed by atoms with Gasteiger partial charge in [0.2, 0.25) is 0 Å². The van der Waals surface area contributed by atoms with E-state index in [1.807, 2.05) is 24.3 Å². The summed E-state index contributed by atoms with van der Waals surface area (Å²) < 4.78 is 11.8. The van der Waals surface area contributed by atoms with Crippen LogP contribution in [-0.4, -0.2) is 11.0 Å². The smallest absolute Gasteiger partial charge is 0.394 e. The molecule has 0 aliphatic carbocycles. The van der Waals surface area contributed by atoms with Crippen LogP contribution in [0.4, 0.5) is 0 Å². The maximum Gasteiger partial charge on any atom is 0.394 e. The number of hydrogen-bond donors (Lipinski definition) is 1. The highest BCUT2D eigenvalue weighted by molar-refractivity contribution is 9.10. The normalized spacial score (nSPS) is 10.9. The van der Waals surface area contributed by atoms with Crippen LogP contribution in [0.2, 0.25) is 0 Å². The molecule has 0 atom stereocenters. The second-order valence-corrected chi connectivity index (χ2v) is 5.47. The van der Waals surface area contributed by atoms with Crippen molar-refractivity contribution >= 4 is 15.9 Å². The second-order valence-electron chi connectivity index (χ2n) is 4.56. The van der Waals surface area contributed by atoms with Gasteiger partial charge in [-0.3, -0.25) is 0 Å². The van der Waals surface area contributed by atoms with E-state index in [1.54, 1.807) is 6.26 Å². The number of ether oxygens (including phenoxy) is 1. The monoisotopic (exact) mass is 324 g/mol. The van der Waals surface area contributed by atoms with Gasteiger partial charge in [-0.2, -0.15) is 4.98 Å². The summed E-state index contributed by atoms with van der Waals surface area (Å²) in [7, 11) is 0. The van der Waals surface area contributed by atoms with Crippen molar-refractivity contribution in [3.63, 3.8) is 0 Å². The molecule has 0 unspecified atom stereocenters. The molecule has 0 aliphatic heterocycles. The third-order valence-electron chi connectivity index (χ3n) is 2.47. The number of rotatable bonds is 6. The van der Waals surface area contributed by atoms with Crippen LogP contribution in [0, 0.1) is 0 Å². The van der Waals surface area contributed by atoms with E-state index in [2.05, 4.69) is 40.1 Å². The molecule has 19 heavy (non-hydrogen) atoms. The molecular formula is C14H17BrN2O2. The fraction of sp³-hybridized carbons (Fsp3) is 0.357. The Morgan fingerprint density at radius 3 is 3.00 bits per heavy atom. The topological polar surface area (TPSA) is 47.3 Å². The predicted octanol–water partition coefficient (Wildman–Crippen LogP) is 3.51. The summed E-state index contributed by atoms with van der Waals surface area (Å²) in [6.07, 6.45) is 1.92.